The summed E-state index contributed by atoms with van der Waals surface area (Å²) in [6.07, 6.45) is 6.01. The van der Waals surface area contributed by atoms with E-state index in [1.165, 1.54) is 36.8 Å². The molecule has 0 aliphatic heterocycles. The minimum Gasteiger partial charge on any atom is -0.192 e. The quantitative estimate of drug-likeness (QED) is 0.638. The number of nitrogens with zero attached hydrogens (tertiary/aromatic N) is 1. The molecule has 0 bridgehead atoms. The molecule has 1 rings (SSSR count). The predicted molar refractivity (Wildman–Crippen MR) is 82.3 cm³/mol. The first-order valence-electron chi connectivity index (χ1n) is 7.65. The van der Waals surface area contributed by atoms with Crippen molar-refractivity contribution in [3.63, 3.8) is 0 Å². The molecule has 0 amide bonds. The molecule has 1 atom stereocenters. The van der Waals surface area contributed by atoms with Crippen molar-refractivity contribution in [1.29, 1.82) is 5.26 Å². The third kappa shape index (κ3) is 4.71. The Kier molecular flexibility index (Phi) is 6.64. The largest absolute Gasteiger partial charge is 0.192 e. The van der Waals surface area contributed by atoms with Crippen molar-refractivity contribution in [1.82, 2.24) is 0 Å². The van der Waals surface area contributed by atoms with Crippen molar-refractivity contribution in [2.24, 2.45) is 5.92 Å². The number of aryl methyl sites for hydroxylation is 1. The number of benzene rings is 1. The molecule has 0 saturated heterocycles. The lowest BCUT2D eigenvalue weighted by Crippen LogP contribution is -2.05. The molecule has 1 aromatic carbocycles. The average molecular weight is 257 g/mol. The molecule has 0 heterocycles. The molecule has 0 aliphatic rings. The Bertz CT molecular complexity index is 426. The van der Waals surface area contributed by atoms with Crippen LogP contribution >= 0.6 is 0 Å². The van der Waals surface area contributed by atoms with E-state index in [4.69, 9.17) is 5.26 Å². The minimum absolute atomic E-state index is 0.621. The van der Waals surface area contributed by atoms with E-state index in [1.807, 2.05) is 6.07 Å². The van der Waals surface area contributed by atoms with Crippen LogP contribution in [0.25, 0.3) is 0 Å². The molecule has 0 spiro atoms. The van der Waals surface area contributed by atoms with Gasteiger partial charge in [0.05, 0.1) is 11.6 Å². The zero-order chi connectivity index (χ0) is 14.3. The fourth-order valence-corrected chi connectivity index (χ4v) is 2.70. The van der Waals surface area contributed by atoms with Gasteiger partial charge in [0.2, 0.25) is 0 Å². The fraction of sp³-hybridized carbons (Fsp3) is 0.611. The van der Waals surface area contributed by atoms with Crippen LogP contribution in [0.2, 0.25) is 0 Å². The highest BCUT2D eigenvalue weighted by atomic mass is 14.2. The molecule has 19 heavy (non-hydrogen) atoms. The van der Waals surface area contributed by atoms with E-state index in [9.17, 15) is 0 Å². The van der Waals surface area contributed by atoms with Gasteiger partial charge >= 0.3 is 0 Å². The lowest BCUT2D eigenvalue weighted by atomic mass is 9.84. The summed E-state index contributed by atoms with van der Waals surface area (Å²) < 4.78 is 0. The Hall–Kier alpha value is -1.29. The second kappa shape index (κ2) is 8.00. The molecule has 1 aromatic rings. The maximum Gasteiger partial charge on any atom is 0.0991 e. The van der Waals surface area contributed by atoms with Crippen LogP contribution in [-0.4, -0.2) is 0 Å². The molecule has 0 fully saturated rings. The van der Waals surface area contributed by atoms with Crippen LogP contribution in [-0.2, 0) is 6.42 Å². The standard InChI is InChI=1S/C18H27N/c1-5-7-17(10-8-14(3)4)18-12-15(13-19)9-11-16(18)6-2/h9,11-12,14,17H,5-8,10H2,1-4H3. The first kappa shape index (κ1) is 15.8. The minimum atomic E-state index is 0.621. The molecule has 1 unspecified atom stereocenters. The molecule has 0 radical (unpaired) electrons. The van der Waals surface area contributed by atoms with E-state index >= 15 is 0 Å². The van der Waals surface area contributed by atoms with Crippen molar-refractivity contribution >= 4 is 0 Å². The smallest absolute Gasteiger partial charge is 0.0991 e. The molecule has 1 heteroatoms. The number of hydrogen-bond acceptors (Lipinski definition) is 1. The Morgan fingerprint density at radius 3 is 2.37 bits per heavy atom. The molecule has 0 aromatic heterocycles. The fourth-order valence-electron chi connectivity index (χ4n) is 2.70. The summed E-state index contributed by atoms with van der Waals surface area (Å²) in [7, 11) is 0. The summed E-state index contributed by atoms with van der Waals surface area (Å²) in [6, 6.07) is 8.50. The van der Waals surface area contributed by atoms with Crippen molar-refractivity contribution in [2.45, 2.75) is 65.7 Å². The van der Waals surface area contributed by atoms with Crippen LogP contribution in [0.15, 0.2) is 18.2 Å². The molecule has 0 aliphatic carbocycles. The van der Waals surface area contributed by atoms with Gasteiger partial charge in [-0.2, -0.15) is 5.26 Å². The van der Waals surface area contributed by atoms with E-state index in [2.05, 4.69) is 45.9 Å². The van der Waals surface area contributed by atoms with Gasteiger partial charge in [0.25, 0.3) is 0 Å². The SMILES string of the molecule is CCCC(CCC(C)C)c1cc(C#N)ccc1CC. The van der Waals surface area contributed by atoms with E-state index in [0.717, 1.165) is 17.9 Å². The van der Waals surface area contributed by atoms with Crippen molar-refractivity contribution in [3.05, 3.63) is 34.9 Å². The van der Waals surface area contributed by atoms with Gasteiger partial charge in [0.1, 0.15) is 0 Å². The zero-order valence-corrected chi connectivity index (χ0v) is 12.9. The molecule has 0 N–H and O–H groups in total. The summed E-state index contributed by atoms with van der Waals surface area (Å²) in [4.78, 5) is 0. The van der Waals surface area contributed by atoms with Crippen LogP contribution in [0, 0.1) is 17.2 Å². The number of hydrogen-bond donors (Lipinski definition) is 0. The Balaban J connectivity index is 3.02. The van der Waals surface area contributed by atoms with Gasteiger partial charge in [-0.25, -0.2) is 0 Å². The maximum atomic E-state index is 9.11. The van der Waals surface area contributed by atoms with Gasteiger partial charge in [-0.3, -0.25) is 0 Å². The van der Waals surface area contributed by atoms with Gasteiger partial charge < -0.3 is 0 Å². The molecule has 1 nitrogen and oxygen atoms in total. The first-order valence-corrected chi connectivity index (χ1v) is 7.65. The highest BCUT2D eigenvalue weighted by Crippen LogP contribution is 2.31. The topological polar surface area (TPSA) is 23.8 Å². The third-order valence-corrected chi connectivity index (χ3v) is 3.83. The van der Waals surface area contributed by atoms with Gasteiger partial charge in [-0.1, -0.05) is 46.6 Å². The van der Waals surface area contributed by atoms with E-state index in [0.29, 0.717) is 5.92 Å². The Morgan fingerprint density at radius 2 is 1.84 bits per heavy atom. The van der Waals surface area contributed by atoms with Gasteiger partial charge in [-0.15, -0.1) is 0 Å². The van der Waals surface area contributed by atoms with Gasteiger partial charge in [-0.05, 0) is 54.4 Å². The van der Waals surface area contributed by atoms with E-state index in [1.54, 1.807) is 0 Å². The summed E-state index contributed by atoms with van der Waals surface area (Å²) in [5.41, 5.74) is 3.64. The molecular weight excluding hydrogens is 230 g/mol. The second-order valence-corrected chi connectivity index (χ2v) is 5.84. The van der Waals surface area contributed by atoms with Gasteiger partial charge in [0, 0.05) is 0 Å². The lowest BCUT2D eigenvalue weighted by Gasteiger charge is -2.21. The van der Waals surface area contributed by atoms with Crippen LogP contribution in [0.1, 0.15) is 76.0 Å². The Morgan fingerprint density at radius 1 is 1.11 bits per heavy atom. The number of rotatable bonds is 7. The summed E-state index contributed by atoms with van der Waals surface area (Å²) in [6.45, 7) is 9.03. The predicted octanol–water partition coefficient (Wildman–Crippen LogP) is 5.44. The summed E-state index contributed by atoms with van der Waals surface area (Å²) >= 11 is 0. The van der Waals surface area contributed by atoms with E-state index < -0.39 is 0 Å². The highest BCUT2D eigenvalue weighted by molar-refractivity contribution is 5.40. The Labute approximate surface area is 118 Å². The maximum absolute atomic E-state index is 9.11. The van der Waals surface area contributed by atoms with Crippen LogP contribution < -0.4 is 0 Å². The van der Waals surface area contributed by atoms with Crippen LogP contribution in [0.4, 0.5) is 0 Å². The normalized spacial score (nSPS) is 12.4. The van der Waals surface area contributed by atoms with Crippen LogP contribution in [0.5, 0.6) is 0 Å². The van der Waals surface area contributed by atoms with Crippen molar-refractivity contribution < 1.29 is 0 Å². The highest BCUT2D eigenvalue weighted by Gasteiger charge is 2.15. The molecular formula is C18H27N. The summed E-state index contributed by atoms with van der Waals surface area (Å²) in [5.74, 6) is 1.37. The van der Waals surface area contributed by atoms with Crippen LogP contribution in [0.3, 0.4) is 0 Å². The monoisotopic (exact) mass is 257 g/mol. The first-order chi connectivity index (χ1) is 9.12. The van der Waals surface area contributed by atoms with Crippen molar-refractivity contribution in [2.75, 3.05) is 0 Å². The second-order valence-electron chi connectivity index (χ2n) is 5.84. The number of nitriles is 1. The molecule has 0 saturated carbocycles. The summed E-state index contributed by atoms with van der Waals surface area (Å²) in [5, 5.41) is 9.11. The van der Waals surface area contributed by atoms with Gasteiger partial charge in [0.15, 0.2) is 0 Å². The molecule has 104 valence electrons. The zero-order valence-electron chi connectivity index (χ0n) is 12.9. The average Bonchev–Trinajstić information content (AvgIpc) is 2.42. The van der Waals surface area contributed by atoms with E-state index in [-0.39, 0.29) is 0 Å². The van der Waals surface area contributed by atoms with Crippen molar-refractivity contribution in [3.8, 4) is 6.07 Å². The lowest BCUT2D eigenvalue weighted by molar-refractivity contribution is 0.476. The third-order valence-electron chi connectivity index (χ3n) is 3.83.